The van der Waals surface area contributed by atoms with Gasteiger partial charge in [0.05, 0.1) is 18.3 Å². The molecule has 0 amide bonds. The zero-order chi connectivity index (χ0) is 13.4. The Kier molecular flexibility index (Phi) is 3.59. The van der Waals surface area contributed by atoms with Gasteiger partial charge in [0, 0.05) is 14.2 Å². The predicted octanol–water partition coefficient (Wildman–Crippen LogP) is 2.58. The van der Waals surface area contributed by atoms with Crippen LogP contribution in [0.4, 0.5) is 0 Å². The number of H-pyrrole nitrogens is 1. The highest BCUT2D eigenvalue weighted by Gasteiger charge is 2.22. The number of methoxy groups -OCH3 is 1. The summed E-state index contributed by atoms with van der Waals surface area (Å²) in [6, 6.07) is 0.214. The molecule has 0 aromatic carbocycles. The summed E-state index contributed by atoms with van der Waals surface area (Å²) in [4.78, 5) is 3.25. The molecule has 1 atom stereocenters. The van der Waals surface area contributed by atoms with Gasteiger partial charge >= 0.3 is 0 Å². The van der Waals surface area contributed by atoms with Gasteiger partial charge in [0.1, 0.15) is 5.52 Å². The van der Waals surface area contributed by atoms with E-state index in [-0.39, 0.29) is 6.04 Å². The SMILES string of the molecule is COCC(C(C)C)n1c(=S)[nH]c2c(C)nn(C)c21. The number of hydrogen-bond donors (Lipinski definition) is 1. The van der Waals surface area contributed by atoms with Crippen molar-refractivity contribution in [1.82, 2.24) is 19.3 Å². The van der Waals surface area contributed by atoms with E-state index in [9.17, 15) is 0 Å². The minimum absolute atomic E-state index is 0.214. The van der Waals surface area contributed by atoms with Crippen molar-refractivity contribution in [3.05, 3.63) is 10.5 Å². The lowest BCUT2D eigenvalue weighted by atomic mass is 10.1. The molecule has 2 heterocycles. The van der Waals surface area contributed by atoms with Gasteiger partial charge in [-0.3, -0.25) is 9.25 Å². The molecular formula is C12H20N4OS. The van der Waals surface area contributed by atoms with Gasteiger partial charge in [-0.25, -0.2) is 0 Å². The van der Waals surface area contributed by atoms with Crippen LogP contribution in [0.25, 0.3) is 11.2 Å². The maximum Gasteiger partial charge on any atom is 0.179 e. The molecule has 18 heavy (non-hydrogen) atoms. The summed E-state index contributed by atoms with van der Waals surface area (Å²) in [6.45, 7) is 6.98. The lowest BCUT2D eigenvalue weighted by molar-refractivity contribution is 0.134. The quantitative estimate of drug-likeness (QED) is 0.867. The van der Waals surface area contributed by atoms with Crippen LogP contribution in [0.3, 0.4) is 0 Å². The molecule has 1 unspecified atom stereocenters. The van der Waals surface area contributed by atoms with Gasteiger partial charge in [-0.2, -0.15) is 5.10 Å². The van der Waals surface area contributed by atoms with Crippen molar-refractivity contribution in [1.29, 1.82) is 0 Å². The second kappa shape index (κ2) is 4.85. The minimum Gasteiger partial charge on any atom is -0.383 e. The Morgan fingerprint density at radius 2 is 2.11 bits per heavy atom. The first-order chi connectivity index (χ1) is 8.47. The van der Waals surface area contributed by atoms with Crippen molar-refractivity contribution in [2.45, 2.75) is 26.8 Å². The number of aromatic nitrogens is 4. The summed E-state index contributed by atoms with van der Waals surface area (Å²) in [7, 11) is 3.66. The van der Waals surface area contributed by atoms with Gasteiger partial charge in [-0.1, -0.05) is 13.8 Å². The maximum absolute atomic E-state index is 5.45. The molecule has 2 rings (SSSR count). The second-order valence-electron chi connectivity index (χ2n) is 4.97. The predicted molar refractivity (Wildman–Crippen MR) is 74.4 cm³/mol. The molecule has 2 aromatic heterocycles. The number of ether oxygens (including phenoxy) is 1. The fourth-order valence-corrected chi connectivity index (χ4v) is 2.70. The summed E-state index contributed by atoms with van der Waals surface area (Å²) in [5.74, 6) is 0.436. The molecule has 0 bridgehead atoms. The first-order valence-corrected chi connectivity index (χ1v) is 6.51. The van der Waals surface area contributed by atoms with E-state index in [0.717, 1.165) is 21.6 Å². The minimum atomic E-state index is 0.214. The molecule has 0 aliphatic carbocycles. The molecule has 6 heteroatoms. The first-order valence-electron chi connectivity index (χ1n) is 6.10. The number of hydrogen-bond acceptors (Lipinski definition) is 3. The molecule has 0 fully saturated rings. The molecule has 0 aliphatic heterocycles. The summed E-state index contributed by atoms with van der Waals surface area (Å²) in [5.41, 5.74) is 3.02. The third-order valence-corrected chi connectivity index (χ3v) is 3.61. The number of nitrogens with zero attached hydrogens (tertiary/aromatic N) is 3. The Morgan fingerprint density at radius 1 is 1.44 bits per heavy atom. The fourth-order valence-electron chi connectivity index (χ4n) is 2.38. The van der Waals surface area contributed by atoms with Gasteiger partial charge in [0.15, 0.2) is 10.4 Å². The molecule has 0 radical (unpaired) electrons. The highest BCUT2D eigenvalue weighted by molar-refractivity contribution is 7.71. The first kappa shape index (κ1) is 13.3. The zero-order valence-electron chi connectivity index (χ0n) is 11.5. The third-order valence-electron chi connectivity index (χ3n) is 3.31. The van der Waals surface area contributed by atoms with Crippen molar-refractivity contribution < 1.29 is 4.74 Å². The number of aryl methyl sites for hydroxylation is 2. The van der Waals surface area contributed by atoms with Crippen LogP contribution >= 0.6 is 12.2 Å². The van der Waals surface area contributed by atoms with Crippen LogP contribution in [0.5, 0.6) is 0 Å². The van der Waals surface area contributed by atoms with E-state index in [1.54, 1.807) is 7.11 Å². The molecule has 2 aromatic rings. The number of imidazole rings is 1. The van der Waals surface area contributed by atoms with Crippen LogP contribution in [0, 0.1) is 17.6 Å². The molecule has 0 saturated heterocycles. The summed E-state index contributed by atoms with van der Waals surface area (Å²) in [6.07, 6.45) is 0. The van der Waals surface area contributed by atoms with E-state index in [0.29, 0.717) is 12.5 Å². The Labute approximate surface area is 112 Å². The fraction of sp³-hybridized carbons (Fsp3) is 0.667. The Balaban J connectivity index is 2.68. The Bertz CT molecular complexity index is 607. The monoisotopic (exact) mass is 268 g/mol. The molecule has 0 spiro atoms. The topological polar surface area (TPSA) is 47.8 Å². The van der Waals surface area contributed by atoms with Crippen molar-refractivity contribution in [2.75, 3.05) is 13.7 Å². The number of fused-ring (bicyclic) bond motifs is 1. The Morgan fingerprint density at radius 3 is 2.67 bits per heavy atom. The highest BCUT2D eigenvalue weighted by Crippen LogP contribution is 2.25. The van der Waals surface area contributed by atoms with Crippen molar-refractivity contribution in [3.8, 4) is 0 Å². The summed E-state index contributed by atoms with van der Waals surface area (Å²) < 4.78 is 10.1. The van der Waals surface area contributed by atoms with Crippen LogP contribution in [0.15, 0.2) is 0 Å². The third kappa shape index (κ3) is 1.99. The molecule has 0 saturated carbocycles. The second-order valence-corrected chi connectivity index (χ2v) is 5.36. The van der Waals surface area contributed by atoms with Crippen molar-refractivity contribution in [3.63, 3.8) is 0 Å². The van der Waals surface area contributed by atoms with Gasteiger partial charge in [-0.05, 0) is 25.1 Å². The van der Waals surface area contributed by atoms with Crippen LogP contribution in [0.1, 0.15) is 25.6 Å². The maximum atomic E-state index is 5.45. The average Bonchev–Trinajstić information content (AvgIpc) is 2.75. The average molecular weight is 268 g/mol. The molecule has 5 nitrogen and oxygen atoms in total. The number of rotatable bonds is 4. The zero-order valence-corrected chi connectivity index (χ0v) is 12.3. The van der Waals surface area contributed by atoms with Crippen LogP contribution in [0.2, 0.25) is 0 Å². The number of aromatic amines is 1. The van der Waals surface area contributed by atoms with E-state index in [2.05, 4.69) is 28.5 Å². The summed E-state index contributed by atoms with van der Waals surface area (Å²) >= 11 is 5.45. The van der Waals surface area contributed by atoms with Crippen molar-refractivity contribution >= 4 is 23.4 Å². The van der Waals surface area contributed by atoms with Crippen LogP contribution in [-0.2, 0) is 11.8 Å². The van der Waals surface area contributed by atoms with Crippen LogP contribution in [-0.4, -0.2) is 33.0 Å². The van der Waals surface area contributed by atoms with Crippen LogP contribution < -0.4 is 0 Å². The van der Waals surface area contributed by atoms with E-state index in [1.165, 1.54) is 0 Å². The van der Waals surface area contributed by atoms with Gasteiger partial charge in [0.25, 0.3) is 0 Å². The number of nitrogens with one attached hydrogen (secondary N) is 1. The molecule has 100 valence electrons. The standard InChI is InChI=1S/C12H20N4OS/c1-7(2)9(6-17-5)16-11-10(13-12(16)18)8(3)14-15(11)4/h7,9H,6H2,1-5H3,(H,13,18). The molecular weight excluding hydrogens is 248 g/mol. The van der Waals surface area contributed by atoms with Gasteiger partial charge in [-0.15, -0.1) is 0 Å². The van der Waals surface area contributed by atoms with Gasteiger partial charge in [0.2, 0.25) is 0 Å². The largest absolute Gasteiger partial charge is 0.383 e. The normalized spacial score (nSPS) is 13.7. The van der Waals surface area contributed by atoms with E-state index < -0.39 is 0 Å². The van der Waals surface area contributed by atoms with E-state index in [4.69, 9.17) is 17.0 Å². The van der Waals surface area contributed by atoms with Crippen molar-refractivity contribution in [2.24, 2.45) is 13.0 Å². The summed E-state index contributed by atoms with van der Waals surface area (Å²) in [5, 5.41) is 4.43. The molecule has 0 aliphatic rings. The smallest absolute Gasteiger partial charge is 0.179 e. The Hall–Kier alpha value is -1.14. The van der Waals surface area contributed by atoms with E-state index in [1.807, 2.05) is 18.7 Å². The molecule has 1 N–H and O–H groups in total. The van der Waals surface area contributed by atoms with Gasteiger partial charge < -0.3 is 9.72 Å². The van der Waals surface area contributed by atoms with E-state index >= 15 is 0 Å². The lowest BCUT2D eigenvalue weighted by Gasteiger charge is -2.22. The lowest BCUT2D eigenvalue weighted by Crippen LogP contribution is -2.21. The highest BCUT2D eigenvalue weighted by atomic mass is 32.1.